The lowest BCUT2D eigenvalue weighted by molar-refractivity contribution is -0.113. The van der Waals surface area contributed by atoms with Crippen molar-refractivity contribution in [3.63, 3.8) is 0 Å². The number of nitrogens with zero attached hydrogens (tertiary/aromatic N) is 3. The van der Waals surface area contributed by atoms with Crippen LogP contribution in [-0.2, 0) is 4.79 Å². The van der Waals surface area contributed by atoms with Gasteiger partial charge in [0.2, 0.25) is 11.1 Å². The Morgan fingerprint density at radius 1 is 1.00 bits per heavy atom. The van der Waals surface area contributed by atoms with Crippen LogP contribution in [0.3, 0.4) is 0 Å². The Labute approximate surface area is 176 Å². The van der Waals surface area contributed by atoms with Crippen molar-refractivity contribution >= 4 is 45.7 Å². The van der Waals surface area contributed by atoms with Crippen molar-refractivity contribution in [2.45, 2.75) is 12.1 Å². The number of hydrogen-bond donors (Lipinski definition) is 1. The minimum absolute atomic E-state index is 0.144. The summed E-state index contributed by atoms with van der Waals surface area (Å²) in [5.41, 5.74) is 5.27. The third-order valence-electron chi connectivity index (χ3n) is 4.96. The third-order valence-corrected chi connectivity index (χ3v) is 6.20. The molecule has 1 aliphatic rings. The van der Waals surface area contributed by atoms with Crippen LogP contribution in [0.2, 0.25) is 5.02 Å². The molecule has 4 aromatic rings. The highest BCUT2D eigenvalue weighted by atomic mass is 35.5. The smallest absolute Gasteiger partial charge is 0.234 e. The average Bonchev–Trinajstić information content (AvgIpc) is 3.06. The van der Waals surface area contributed by atoms with Gasteiger partial charge in [-0.05, 0) is 30.0 Å². The molecular formula is C22H15ClN4OS. The van der Waals surface area contributed by atoms with Crippen molar-refractivity contribution in [1.82, 2.24) is 15.2 Å². The first-order chi connectivity index (χ1) is 14.1. The molecule has 0 atom stereocenters. The molecule has 0 aliphatic heterocycles. The van der Waals surface area contributed by atoms with Gasteiger partial charge in [-0.15, -0.1) is 10.2 Å². The Bertz CT molecular complexity index is 1290. The van der Waals surface area contributed by atoms with Gasteiger partial charge in [-0.25, -0.2) is 4.98 Å². The lowest BCUT2D eigenvalue weighted by Crippen LogP contribution is -2.15. The predicted molar refractivity (Wildman–Crippen MR) is 117 cm³/mol. The molecule has 5 rings (SSSR count). The van der Waals surface area contributed by atoms with Crippen molar-refractivity contribution in [3.05, 3.63) is 65.2 Å². The predicted octanol–water partition coefficient (Wildman–Crippen LogP) is 5.36. The molecule has 1 aliphatic carbocycles. The van der Waals surface area contributed by atoms with E-state index in [1.54, 1.807) is 6.07 Å². The van der Waals surface area contributed by atoms with Crippen LogP contribution in [0.4, 0.5) is 5.69 Å². The molecule has 0 unspecified atom stereocenters. The second-order valence-electron chi connectivity index (χ2n) is 6.75. The van der Waals surface area contributed by atoms with Crippen molar-refractivity contribution in [2.24, 2.45) is 0 Å². The largest absolute Gasteiger partial charge is 0.325 e. The van der Waals surface area contributed by atoms with E-state index in [1.807, 2.05) is 37.3 Å². The van der Waals surface area contributed by atoms with E-state index in [0.717, 1.165) is 38.9 Å². The zero-order valence-corrected chi connectivity index (χ0v) is 17.0. The topological polar surface area (TPSA) is 67.8 Å². The molecule has 0 saturated heterocycles. The van der Waals surface area contributed by atoms with Crippen LogP contribution in [0, 0.1) is 6.92 Å². The second-order valence-corrected chi connectivity index (χ2v) is 8.10. The van der Waals surface area contributed by atoms with Crippen molar-refractivity contribution in [3.8, 4) is 22.5 Å². The molecule has 0 fully saturated rings. The average molecular weight is 419 g/mol. The first kappa shape index (κ1) is 18.1. The number of anilines is 1. The molecule has 1 N–H and O–H groups in total. The number of halogens is 1. The van der Waals surface area contributed by atoms with Crippen molar-refractivity contribution < 1.29 is 4.79 Å². The summed E-state index contributed by atoms with van der Waals surface area (Å²) in [6.45, 7) is 1.87. The van der Waals surface area contributed by atoms with Crippen LogP contribution in [0.15, 0.2) is 59.8 Å². The van der Waals surface area contributed by atoms with Crippen LogP contribution < -0.4 is 5.32 Å². The van der Waals surface area contributed by atoms with Gasteiger partial charge in [-0.3, -0.25) is 4.79 Å². The fourth-order valence-electron chi connectivity index (χ4n) is 3.54. The number of hydrogen-bond acceptors (Lipinski definition) is 5. The zero-order valence-electron chi connectivity index (χ0n) is 15.4. The quantitative estimate of drug-likeness (QED) is 0.397. The monoisotopic (exact) mass is 418 g/mol. The molecule has 1 aromatic heterocycles. The van der Waals surface area contributed by atoms with Gasteiger partial charge < -0.3 is 5.32 Å². The molecule has 1 heterocycles. The summed E-state index contributed by atoms with van der Waals surface area (Å²) in [5.74, 6) is 0.0404. The molecule has 5 nitrogen and oxygen atoms in total. The third kappa shape index (κ3) is 3.14. The molecule has 7 heteroatoms. The molecule has 0 saturated carbocycles. The summed E-state index contributed by atoms with van der Waals surface area (Å²) in [4.78, 5) is 17.1. The van der Waals surface area contributed by atoms with Crippen LogP contribution in [0.5, 0.6) is 0 Å². The number of amides is 1. The second kappa shape index (κ2) is 7.13. The van der Waals surface area contributed by atoms with Crippen LogP contribution in [0.25, 0.3) is 33.3 Å². The Balaban J connectivity index is 1.36. The number of benzene rings is 3. The van der Waals surface area contributed by atoms with Crippen LogP contribution in [-0.4, -0.2) is 26.8 Å². The van der Waals surface area contributed by atoms with E-state index >= 15 is 0 Å². The number of carbonyl (C=O) groups is 1. The summed E-state index contributed by atoms with van der Waals surface area (Å²) < 4.78 is 0. The molecule has 1 amide bonds. The first-order valence-corrected chi connectivity index (χ1v) is 10.4. The normalized spacial score (nSPS) is 11.5. The van der Waals surface area contributed by atoms with E-state index in [2.05, 4.69) is 33.7 Å². The summed E-state index contributed by atoms with van der Waals surface area (Å²) in [5, 5.41) is 14.9. The van der Waals surface area contributed by atoms with Crippen molar-refractivity contribution in [1.29, 1.82) is 0 Å². The molecular weight excluding hydrogens is 404 g/mol. The lowest BCUT2D eigenvalue weighted by atomic mass is 10.0. The lowest BCUT2D eigenvalue weighted by Gasteiger charge is -2.09. The Hall–Kier alpha value is -2.96. The van der Waals surface area contributed by atoms with E-state index in [0.29, 0.717) is 15.9 Å². The van der Waals surface area contributed by atoms with Crippen LogP contribution >= 0.6 is 23.4 Å². The highest BCUT2D eigenvalue weighted by molar-refractivity contribution is 7.99. The van der Waals surface area contributed by atoms with Gasteiger partial charge in [0.1, 0.15) is 11.4 Å². The molecule has 0 spiro atoms. The van der Waals surface area contributed by atoms with E-state index in [4.69, 9.17) is 16.6 Å². The Morgan fingerprint density at radius 2 is 1.72 bits per heavy atom. The molecule has 0 bridgehead atoms. The molecule has 142 valence electrons. The van der Waals surface area contributed by atoms with Gasteiger partial charge in [-0.2, -0.15) is 0 Å². The summed E-state index contributed by atoms with van der Waals surface area (Å²) >= 11 is 7.37. The van der Waals surface area contributed by atoms with E-state index in [9.17, 15) is 4.79 Å². The number of thioether (sulfide) groups is 1. The van der Waals surface area contributed by atoms with Crippen LogP contribution in [0.1, 0.15) is 5.56 Å². The minimum atomic E-state index is -0.144. The maximum atomic E-state index is 12.4. The highest BCUT2D eigenvalue weighted by Gasteiger charge is 2.25. The number of carbonyl (C=O) groups excluding carboxylic acids is 1. The maximum Gasteiger partial charge on any atom is 0.234 e. The standard InChI is InChI=1S/C22H15ClN4OS/c1-12-16(23)9-4-10-17(12)24-18(28)11-29-22-25-20-14-7-2-5-13-6-3-8-15(19(13)14)21(20)26-27-22/h2-10H,11H2,1H3,(H,24,28). The number of nitrogens with one attached hydrogen (secondary N) is 1. The number of rotatable bonds is 4. The maximum absolute atomic E-state index is 12.4. The Kier molecular flexibility index (Phi) is 4.45. The van der Waals surface area contributed by atoms with E-state index < -0.39 is 0 Å². The van der Waals surface area contributed by atoms with E-state index in [-0.39, 0.29) is 11.7 Å². The number of fused-ring (bicyclic) bond motifs is 3. The first-order valence-electron chi connectivity index (χ1n) is 9.07. The minimum Gasteiger partial charge on any atom is -0.325 e. The molecule has 0 radical (unpaired) electrons. The van der Waals surface area contributed by atoms with Gasteiger partial charge >= 0.3 is 0 Å². The summed E-state index contributed by atoms with van der Waals surface area (Å²) in [6, 6.07) is 17.7. The van der Waals surface area contributed by atoms with Gasteiger partial charge in [0.25, 0.3) is 0 Å². The summed E-state index contributed by atoms with van der Waals surface area (Å²) in [7, 11) is 0. The molecule has 3 aromatic carbocycles. The van der Waals surface area contributed by atoms with Gasteiger partial charge in [0, 0.05) is 27.2 Å². The van der Waals surface area contributed by atoms with E-state index in [1.165, 1.54) is 11.8 Å². The van der Waals surface area contributed by atoms with Gasteiger partial charge in [0.05, 0.1) is 5.75 Å². The van der Waals surface area contributed by atoms with Gasteiger partial charge in [0.15, 0.2) is 0 Å². The molecule has 29 heavy (non-hydrogen) atoms. The fraction of sp³-hybridized carbons (Fsp3) is 0.0909. The highest BCUT2D eigenvalue weighted by Crippen LogP contribution is 2.44. The van der Waals surface area contributed by atoms with Crippen molar-refractivity contribution in [2.75, 3.05) is 11.1 Å². The van der Waals surface area contributed by atoms with Gasteiger partial charge in [-0.1, -0.05) is 65.8 Å². The summed E-state index contributed by atoms with van der Waals surface area (Å²) in [6.07, 6.45) is 0. The SMILES string of the molecule is Cc1c(Cl)cccc1NC(=O)CSc1nnc2c(n1)-c1cccc3cccc-2c13. The Morgan fingerprint density at radius 3 is 2.52 bits per heavy atom. The fourth-order valence-corrected chi connectivity index (χ4v) is 4.30. The zero-order chi connectivity index (χ0) is 20.0. The number of aromatic nitrogens is 3.